The summed E-state index contributed by atoms with van der Waals surface area (Å²) in [5, 5.41) is 5.81. The van der Waals surface area contributed by atoms with Crippen LogP contribution in [0.2, 0.25) is 10.0 Å². The quantitative estimate of drug-likeness (QED) is 0.586. The first-order valence-corrected chi connectivity index (χ1v) is 7.84. The molecule has 0 atom stereocenters. The van der Waals surface area contributed by atoms with Gasteiger partial charge in [0.2, 0.25) is 0 Å². The molecule has 4 nitrogen and oxygen atoms in total. The van der Waals surface area contributed by atoms with E-state index in [1.807, 2.05) is 0 Å². The zero-order valence-corrected chi connectivity index (χ0v) is 13.6. The van der Waals surface area contributed by atoms with Gasteiger partial charge in [-0.2, -0.15) is 0 Å². The number of anilines is 1. The molecular formula is C15H20Cl2N2O2. The molecule has 2 N–H and O–H groups in total. The van der Waals surface area contributed by atoms with Crippen molar-refractivity contribution in [2.24, 2.45) is 0 Å². The van der Waals surface area contributed by atoms with E-state index >= 15 is 0 Å². The van der Waals surface area contributed by atoms with Crippen molar-refractivity contribution in [3.8, 4) is 0 Å². The average molecular weight is 331 g/mol. The summed E-state index contributed by atoms with van der Waals surface area (Å²) < 4.78 is 0. The van der Waals surface area contributed by atoms with Crippen LogP contribution in [-0.4, -0.2) is 18.4 Å². The molecule has 0 heterocycles. The molecule has 0 radical (unpaired) electrons. The summed E-state index contributed by atoms with van der Waals surface area (Å²) in [6, 6.07) is 4.65. The molecule has 1 aromatic carbocycles. The minimum atomic E-state index is -0.729. The Labute approximate surface area is 135 Å². The molecule has 0 aromatic heterocycles. The largest absolute Gasteiger partial charge is 0.348 e. The summed E-state index contributed by atoms with van der Waals surface area (Å²) in [5.41, 5.74) is 0.365. The van der Waals surface area contributed by atoms with Crippen molar-refractivity contribution in [2.75, 3.05) is 11.9 Å². The molecule has 0 aliphatic rings. The Hall–Kier alpha value is -1.26. The monoisotopic (exact) mass is 330 g/mol. The number of rotatable bonds is 7. The molecule has 21 heavy (non-hydrogen) atoms. The lowest BCUT2D eigenvalue weighted by Gasteiger charge is -2.08. The maximum Gasteiger partial charge on any atom is 0.313 e. The first kappa shape index (κ1) is 17.8. The van der Waals surface area contributed by atoms with E-state index in [9.17, 15) is 9.59 Å². The highest BCUT2D eigenvalue weighted by Gasteiger charge is 2.14. The van der Waals surface area contributed by atoms with Crippen LogP contribution < -0.4 is 10.6 Å². The summed E-state index contributed by atoms with van der Waals surface area (Å²) in [4.78, 5) is 23.3. The number of nitrogens with one attached hydrogen (secondary N) is 2. The number of hydrogen-bond donors (Lipinski definition) is 2. The SMILES string of the molecule is CCCCCCCNC(=O)C(=O)Nc1ccc(Cl)cc1Cl. The maximum absolute atomic E-state index is 11.7. The van der Waals surface area contributed by atoms with E-state index in [0.29, 0.717) is 22.3 Å². The molecule has 0 bridgehead atoms. The number of halogens is 2. The second-order valence-electron chi connectivity index (χ2n) is 4.75. The van der Waals surface area contributed by atoms with Crippen LogP contribution in [0.4, 0.5) is 5.69 Å². The molecule has 0 aliphatic carbocycles. The van der Waals surface area contributed by atoms with Gasteiger partial charge in [-0.25, -0.2) is 0 Å². The minimum absolute atomic E-state index is 0.295. The van der Waals surface area contributed by atoms with Gasteiger partial charge in [0.1, 0.15) is 0 Å². The number of amides is 2. The van der Waals surface area contributed by atoms with Crippen molar-refractivity contribution in [3.63, 3.8) is 0 Å². The molecule has 116 valence electrons. The normalized spacial score (nSPS) is 10.2. The zero-order chi connectivity index (χ0) is 15.7. The predicted octanol–water partition coefficient (Wildman–Crippen LogP) is 4.02. The van der Waals surface area contributed by atoms with Crippen molar-refractivity contribution in [3.05, 3.63) is 28.2 Å². The molecule has 2 amide bonds. The highest BCUT2D eigenvalue weighted by Crippen LogP contribution is 2.25. The fraction of sp³-hybridized carbons (Fsp3) is 0.467. The van der Waals surface area contributed by atoms with Gasteiger partial charge in [-0.05, 0) is 24.6 Å². The fourth-order valence-corrected chi connectivity index (χ4v) is 2.24. The van der Waals surface area contributed by atoms with Crippen LogP contribution in [0, 0.1) is 0 Å². The van der Waals surface area contributed by atoms with E-state index in [1.54, 1.807) is 12.1 Å². The van der Waals surface area contributed by atoms with Gasteiger partial charge < -0.3 is 10.6 Å². The van der Waals surface area contributed by atoms with E-state index < -0.39 is 11.8 Å². The molecule has 6 heteroatoms. The summed E-state index contributed by atoms with van der Waals surface area (Å²) in [7, 11) is 0. The second-order valence-corrected chi connectivity index (χ2v) is 5.59. The average Bonchev–Trinajstić information content (AvgIpc) is 2.45. The van der Waals surface area contributed by atoms with Gasteiger partial charge >= 0.3 is 11.8 Å². The molecule has 0 aliphatic heterocycles. The third kappa shape index (κ3) is 6.82. The number of carbonyl (C=O) groups excluding carboxylic acids is 2. The molecule has 1 aromatic rings. The topological polar surface area (TPSA) is 58.2 Å². The Morgan fingerprint density at radius 3 is 2.43 bits per heavy atom. The van der Waals surface area contributed by atoms with Gasteiger partial charge in [-0.1, -0.05) is 55.8 Å². The van der Waals surface area contributed by atoms with Crippen LogP contribution >= 0.6 is 23.2 Å². The Bertz CT molecular complexity index is 493. The van der Waals surface area contributed by atoms with Gasteiger partial charge in [0.25, 0.3) is 0 Å². The lowest BCUT2D eigenvalue weighted by Crippen LogP contribution is -2.35. The lowest BCUT2D eigenvalue weighted by molar-refractivity contribution is -0.136. The van der Waals surface area contributed by atoms with E-state index in [4.69, 9.17) is 23.2 Å². The van der Waals surface area contributed by atoms with Gasteiger partial charge in [-0.3, -0.25) is 9.59 Å². The zero-order valence-electron chi connectivity index (χ0n) is 12.0. The van der Waals surface area contributed by atoms with Gasteiger partial charge in [0.05, 0.1) is 10.7 Å². The standard InChI is InChI=1S/C15H20Cl2N2O2/c1-2-3-4-5-6-9-18-14(20)15(21)19-13-8-7-11(16)10-12(13)17/h7-8,10H,2-6,9H2,1H3,(H,18,20)(H,19,21). The summed E-state index contributed by atoms with van der Waals surface area (Å²) in [6.45, 7) is 2.65. The van der Waals surface area contributed by atoms with Crippen molar-refractivity contribution in [1.82, 2.24) is 5.32 Å². The third-order valence-corrected chi connectivity index (χ3v) is 3.50. The molecule has 0 saturated carbocycles. The Morgan fingerprint density at radius 1 is 1.05 bits per heavy atom. The van der Waals surface area contributed by atoms with Crippen LogP contribution in [0.15, 0.2) is 18.2 Å². The smallest absolute Gasteiger partial charge is 0.313 e. The van der Waals surface area contributed by atoms with E-state index in [-0.39, 0.29) is 0 Å². The summed E-state index contributed by atoms with van der Waals surface area (Å²) in [6.07, 6.45) is 5.46. The van der Waals surface area contributed by atoms with Crippen LogP contribution in [-0.2, 0) is 9.59 Å². The maximum atomic E-state index is 11.7. The predicted molar refractivity (Wildman–Crippen MR) is 86.9 cm³/mol. The first-order valence-electron chi connectivity index (χ1n) is 7.08. The van der Waals surface area contributed by atoms with Crippen LogP contribution in [0.1, 0.15) is 39.0 Å². The highest BCUT2D eigenvalue weighted by atomic mass is 35.5. The first-order chi connectivity index (χ1) is 10.0. The second kappa shape index (κ2) is 9.64. The van der Waals surface area contributed by atoms with Crippen molar-refractivity contribution in [1.29, 1.82) is 0 Å². The third-order valence-electron chi connectivity index (χ3n) is 2.95. The Balaban J connectivity index is 2.32. The van der Waals surface area contributed by atoms with Gasteiger partial charge in [0, 0.05) is 11.6 Å². The summed E-state index contributed by atoms with van der Waals surface area (Å²) in [5.74, 6) is -1.38. The van der Waals surface area contributed by atoms with Gasteiger partial charge in [0.15, 0.2) is 0 Å². The van der Waals surface area contributed by atoms with Crippen LogP contribution in [0.3, 0.4) is 0 Å². The minimum Gasteiger partial charge on any atom is -0.348 e. The van der Waals surface area contributed by atoms with E-state index in [1.165, 1.54) is 18.9 Å². The Morgan fingerprint density at radius 2 is 1.76 bits per heavy atom. The van der Waals surface area contributed by atoms with E-state index in [2.05, 4.69) is 17.6 Å². The Kier molecular flexibility index (Phi) is 8.16. The van der Waals surface area contributed by atoms with Crippen molar-refractivity contribution < 1.29 is 9.59 Å². The summed E-state index contributed by atoms with van der Waals surface area (Å²) >= 11 is 11.7. The van der Waals surface area contributed by atoms with Crippen molar-refractivity contribution in [2.45, 2.75) is 39.0 Å². The lowest BCUT2D eigenvalue weighted by atomic mass is 10.1. The number of carbonyl (C=O) groups is 2. The molecule has 0 saturated heterocycles. The number of benzene rings is 1. The number of unbranched alkanes of at least 4 members (excludes halogenated alkanes) is 4. The van der Waals surface area contributed by atoms with Gasteiger partial charge in [-0.15, -0.1) is 0 Å². The molecule has 0 fully saturated rings. The van der Waals surface area contributed by atoms with Crippen LogP contribution in [0.25, 0.3) is 0 Å². The number of hydrogen-bond acceptors (Lipinski definition) is 2. The van der Waals surface area contributed by atoms with Crippen LogP contribution in [0.5, 0.6) is 0 Å². The van der Waals surface area contributed by atoms with Crippen molar-refractivity contribution >= 4 is 40.7 Å². The molecular weight excluding hydrogens is 311 g/mol. The van der Waals surface area contributed by atoms with E-state index in [0.717, 1.165) is 19.3 Å². The molecule has 0 unspecified atom stereocenters. The molecule has 0 spiro atoms. The fourth-order valence-electron chi connectivity index (χ4n) is 1.78. The molecule has 1 rings (SSSR count). The highest BCUT2D eigenvalue weighted by molar-refractivity contribution is 6.42.